The normalized spacial score (nSPS) is 26.2. The lowest BCUT2D eigenvalue weighted by atomic mass is 9.77. The number of carbonyl (C=O) groups is 1. The summed E-state index contributed by atoms with van der Waals surface area (Å²) >= 11 is 5.22. The van der Waals surface area contributed by atoms with Gasteiger partial charge >= 0.3 is 0 Å². The van der Waals surface area contributed by atoms with Crippen molar-refractivity contribution in [3.8, 4) is 0 Å². The molecule has 0 heterocycles. The number of rotatable bonds is 8. The van der Waals surface area contributed by atoms with Crippen LogP contribution in [0.1, 0.15) is 78.1 Å². The SMILES string of the molecule is CCCCCCCC(=O)NC1(C(N)=S)CCC(C)CC1. The molecular formula is C16H30N2OS. The largest absolute Gasteiger partial charge is 0.391 e. The van der Waals surface area contributed by atoms with Gasteiger partial charge in [0.2, 0.25) is 5.91 Å². The fourth-order valence-corrected chi connectivity index (χ4v) is 3.16. The maximum atomic E-state index is 12.1. The van der Waals surface area contributed by atoms with E-state index in [1.54, 1.807) is 0 Å². The van der Waals surface area contributed by atoms with Crippen LogP contribution in [0, 0.1) is 5.92 Å². The van der Waals surface area contributed by atoms with E-state index in [9.17, 15) is 4.79 Å². The van der Waals surface area contributed by atoms with Gasteiger partial charge in [-0.15, -0.1) is 0 Å². The van der Waals surface area contributed by atoms with Crippen LogP contribution >= 0.6 is 12.2 Å². The highest BCUT2D eigenvalue weighted by molar-refractivity contribution is 7.80. The Hall–Kier alpha value is -0.640. The molecule has 1 saturated carbocycles. The molecule has 3 N–H and O–H groups in total. The standard InChI is InChI=1S/C16H30N2OS/c1-3-4-5-6-7-8-14(19)18-16(15(17)20)11-9-13(2)10-12-16/h13H,3-12H2,1-2H3,(H2,17,20)(H,18,19). The molecule has 0 radical (unpaired) electrons. The van der Waals surface area contributed by atoms with E-state index in [0.717, 1.165) is 38.5 Å². The highest BCUT2D eigenvalue weighted by Crippen LogP contribution is 2.32. The topological polar surface area (TPSA) is 55.1 Å². The highest BCUT2D eigenvalue weighted by atomic mass is 32.1. The van der Waals surface area contributed by atoms with Crippen molar-refractivity contribution in [3.63, 3.8) is 0 Å². The minimum atomic E-state index is -0.414. The van der Waals surface area contributed by atoms with Gasteiger partial charge in [0.05, 0.1) is 10.5 Å². The number of carbonyl (C=O) groups excluding carboxylic acids is 1. The predicted molar refractivity (Wildman–Crippen MR) is 88.7 cm³/mol. The van der Waals surface area contributed by atoms with E-state index in [1.807, 2.05) is 0 Å². The lowest BCUT2D eigenvalue weighted by Gasteiger charge is -2.39. The van der Waals surface area contributed by atoms with Crippen molar-refractivity contribution in [2.45, 2.75) is 83.6 Å². The Labute approximate surface area is 129 Å². The molecular weight excluding hydrogens is 268 g/mol. The van der Waals surface area contributed by atoms with Gasteiger partial charge in [-0.3, -0.25) is 4.79 Å². The van der Waals surface area contributed by atoms with Crippen LogP contribution < -0.4 is 11.1 Å². The molecule has 1 aliphatic rings. The average molecular weight is 298 g/mol. The molecule has 0 aromatic heterocycles. The Bertz CT molecular complexity index is 322. The van der Waals surface area contributed by atoms with Crippen molar-refractivity contribution < 1.29 is 4.79 Å². The maximum Gasteiger partial charge on any atom is 0.220 e. The molecule has 0 aromatic carbocycles. The Balaban J connectivity index is 2.38. The van der Waals surface area contributed by atoms with Crippen LogP contribution in [0.5, 0.6) is 0 Å². The first-order valence-corrected chi connectivity index (χ1v) is 8.52. The zero-order valence-corrected chi connectivity index (χ0v) is 13.9. The molecule has 20 heavy (non-hydrogen) atoms. The van der Waals surface area contributed by atoms with Crippen molar-refractivity contribution in [3.05, 3.63) is 0 Å². The van der Waals surface area contributed by atoms with Crippen LogP contribution in [0.25, 0.3) is 0 Å². The third-order valence-corrected chi connectivity index (χ3v) is 4.88. The zero-order chi connectivity index (χ0) is 15.0. The fourth-order valence-electron chi connectivity index (χ4n) is 2.91. The van der Waals surface area contributed by atoms with Crippen LogP contribution in [0.15, 0.2) is 0 Å². The maximum absolute atomic E-state index is 12.1. The molecule has 0 saturated heterocycles. The summed E-state index contributed by atoms with van der Waals surface area (Å²) in [5.74, 6) is 0.826. The molecule has 0 bridgehead atoms. The van der Waals surface area contributed by atoms with Gasteiger partial charge in [-0.05, 0) is 38.0 Å². The van der Waals surface area contributed by atoms with Crippen LogP contribution in [0.4, 0.5) is 0 Å². The van der Waals surface area contributed by atoms with Crippen LogP contribution in [0.2, 0.25) is 0 Å². The molecule has 116 valence electrons. The molecule has 0 atom stereocenters. The van der Waals surface area contributed by atoms with Crippen LogP contribution in [0.3, 0.4) is 0 Å². The molecule has 4 heteroatoms. The predicted octanol–water partition coefficient (Wildman–Crippen LogP) is 3.70. The van der Waals surface area contributed by atoms with E-state index in [1.165, 1.54) is 19.3 Å². The molecule has 1 fully saturated rings. The summed E-state index contributed by atoms with van der Waals surface area (Å²) in [6.07, 6.45) is 10.4. The number of amides is 1. The number of hydrogen-bond acceptors (Lipinski definition) is 2. The van der Waals surface area contributed by atoms with E-state index in [4.69, 9.17) is 18.0 Å². The summed E-state index contributed by atoms with van der Waals surface area (Å²) in [5.41, 5.74) is 5.49. The number of nitrogens with one attached hydrogen (secondary N) is 1. The summed E-state index contributed by atoms with van der Waals surface area (Å²) < 4.78 is 0. The van der Waals surface area contributed by atoms with Gasteiger partial charge in [-0.2, -0.15) is 0 Å². The average Bonchev–Trinajstić information content (AvgIpc) is 2.41. The molecule has 3 nitrogen and oxygen atoms in total. The van der Waals surface area contributed by atoms with Crippen molar-refractivity contribution in [1.29, 1.82) is 0 Å². The van der Waals surface area contributed by atoms with Gasteiger partial charge in [0.15, 0.2) is 0 Å². The van der Waals surface area contributed by atoms with E-state index in [2.05, 4.69) is 19.2 Å². The fraction of sp³-hybridized carbons (Fsp3) is 0.875. The molecule has 0 spiro atoms. The smallest absolute Gasteiger partial charge is 0.220 e. The first-order valence-electron chi connectivity index (χ1n) is 8.11. The number of nitrogens with two attached hydrogens (primary N) is 1. The summed E-state index contributed by atoms with van der Waals surface area (Å²) in [7, 11) is 0. The van der Waals surface area contributed by atoms with E-state index >= 15 is 0 Å². The second kappa shape index (κ2) is 8.60. The molecule has 0 aliphatic heterocycles. The van der Waals surface area contributed by atoms with Crippen LogP contribution in [-0.4, -0.2) is 16.4 Å². The molecule has 1 amide bonds. The number of hydrogen-bond donors (Lipinski definition) is 2. The van der Waals surface area contributed by atoms with Gasteiger partial charge in [-0.25, -0.2) is 0 Å². The Morgan fingerprint density at radius 3 is 2.40 bits per heavy atom. The lowest BCUT2D eigenvalue weighted by Crippen LogP contribution is -2.58. The van der Waals surface area contributed by atoms with Gasteiger partial charge in [0.1, 0.15) is 0 Å². The summed E-state index contributed by atoms with van der Waals surface area (Å²) in [5, 5.41) is 3.14. The number of thiocarbonyl (C=S) groups is 1. The molecule has 0 aromatic rings. The van der Waals surface area contributed by atoms with Crippen molar-refractivity contribution in [2.75, 3.05) is 0 Å². The second-order valence-electron chi connectivity index (χ2n) is 6.34. The third kappa shape index (κ3) is 5.39. The Morgan fingerprint density at radius 2 is 1.85 bits per heavy atom. The first kappa shape index (κ1) is 17.4. The molecule has 0 unspecified atom stereocenters. The van der Waals surface area contributed by atoms with Crippen molar-refractivity contribution in [1.82, 2.24) is 5.32 Å². The zero-order valence-electron chi connectivity index (χ0n) is 13.0. The van der Waals surface area contributed by atoms with Gasteiger partial charge in [0.25, 0.3) is 0 Å². The lowest BCUT2D eigenvalue weighted by molar-refractivity contribution is -0.122. The van der Waals surface area contributed by atoms with E-state index < -0.39 is 5.54 Å². The monoisotopic (exact) mass is 298 g/mol. The first-order chi connectivity index (χ1) is 9.50. The van der Waals surface area contributed by atoms with Gasteiger partial charge in [0, 0.05) is 6.42 Å². The van der Waals surface area contributed by atoms with Crippen molar-refractivity contribution >= 4 is 23.1 Å². The minimum Gasteiger partial charge on any atom is -0.391 e. The Morgan fingerprint density at radius 1 is 1.25 bits per heavy atom. The van der Waals surface area contributed by atoms with Gasteiger partial charge in [-0.1, -0.05) is 51.7 Å². The molecule has 1 rings (SSSR count). The summed E-state index contributed by atoms with van der Waals surface area (Å²) in [4.78, 5) is 12.6. The summed E-state index contributed by atoms with van der Waals surface area (Å²) in [6, 6.07) is 0. The van der Waals surface area contributed by atoms with Crippen LogP contribution in [-0.2, 0) is 4.79 Å². The summed E-state index contributed by atoms with van der Waals surface area (Å²) in [6.45, 7) is 4.45. The van der Waals surface area contributed by atoms with E-state index in [0.29, 0.717) is 17.3 Å². The molecule has 1 aliphatic carbocycles. The number of unbranched alkanes of at least 4 members (excludes halogenated alkanes) is 4. The highest BCUT2D eigenvalue weighted by Gasteiger charge is 2.37. The Kier molecular flexibility index (Phi) is 7.49. The quantitative estimate of drug-likeness (QED) is 0.530. The third-order valence-electron chi connectivity index (χ3n) is 4.49. The van der Waals surface area contributed by atoms with Crippen molar-refractivity contribution in [2.24, 2.45) is 11.7 Å². The van der Waals surface area contributed by atoms with Gasteiger partial charge < -0.3 is 11.1 Å². The minimum absolute atomic E-state index is 0.115. The second-order valence-corrected chi connectivity index (χ2v) is 6.78. The van der Waals surface area contributed by atoms with E-state index in [-0.39, 0.29) is 5.91 Å².